The van der Waals surface area contributed by atoms with E-state index in [0.717, 1.165) is 5.75 Å². The number of hydrogen-bond acceptors (Lipinski definition) is 5. The second kappa shape index (κ2) is 6.19. The van der Waals surface area contributed by atoms with Crippen LogP contribution in [0.25, 0.3) is 0 Å². The smallest absolute Gasteiger partial charge is 0.210 e. The molecule has 1 N–H and O–H groups in total. The predicted octanol–water partition coefficient (Wildman–Crippen LogP) is 3.27. The molecule has 106 valence electrons. The fourth-order valence-corrected chi connectivity index (χ4v) is 3.33. The van der Waals surface area contributed by atoms with Gasteiger partial charge in [-0.25, -0.2) is 8.42 Å². The van der Waals surface area contributed by atoms with Crippen LogP contribution in [-0.2, 0) is 9.84 Å². The average molecular weight is 310 g/mol. The Balaban J connectivity index is 2.33. The van der Waals surface area contributed by atoms with Gasteiger partial charge in [-0.05, 0) is 36.4 Å². The number of rotatable bonds is 5. The van der Waals surface area contributed by atoms with Crippen LogP contribution in [0.5, 0.6) is 11.5 Å². The van der Waals surface area contributed by atoms with Gasteiger partial charge in [0.05, 0.1) is 16.9 Å². The maximum atomic E-state index is 12.4. The molecule has 6 heteroatoms. The zero-order valence-electron chi connectivity index (χ0n) is 10.8. The zero-order chi connectivity index (χ0) is 14.6. The van der Waals surface area contributed by atoms with Gasteiger partial charge in [-0.2, -0.15) is 0 Å². The molecule has 0 unspecified atom stereocenters. The summed E-state index contributed by atoms with van der Waals surface area (Å²) in [7, 11) is -3.72. The number of aromatic hydroxyl groups is 1. The highest BCUT2D eigenvalue weighted by Gasteiger charge is 2.20. The van der Waals surface area contributed by atoms with E-state index in [2.05, 4.69) is 0 Å². The molecule has 0 saturated heterocycles. The highest BCUT2D eigenvalue weighted by molar-refractivity contribution is 7.95. The van der Waals surface area contributed by atoms with Gasteiger partial charge in [-0.15, -0.1) is 0 Å². The first kappa shape index (κ1) is 14.7. The molecule has 0 aliphatic rings. The Hall–Kier alpha value is -1.66. The number of para-hydroxylation sites is 1. The molecule has 0 aromatic heterocycles. The van der Waals surface area contributed by atoms with Crippen molar-refractivity contribution in [2.45, 2.75) is 16.7 Å². The Labute approximate surface area is 122 Å². The van der Waals surface area contributed by atoms with Crippen molar-refractivity contribution in [3.63, 3.8) is 0 Å². The average Bonchev–Trinajstić information content (AvgIpc) is 2.46. The Morgan fingerprint density at radius 1 is 1.10 bits per heavy atom. The highest BCUT2D eigenvalue weighted by Crippen LogP contribution is 2.29. The molecule has 0 atom stereocenters. The first-order chi connectivity index (χ1) is 9.55. The molecule has 0 amide bonds. The number of hydrogen-bond donors (Lipinski definition) is 1. The van der Waals surface area contributed by atoms with Gasteiger partial charge in [-0.3, -0.25) is 0 Å². The number of phenolic OH excluding ortho intramolecular Hbond substituents is 1. The minimum atomic E-state index is -3.72. The molecule has 0 aliphatic heterocycles. The Morgan fingerprint density at radius 3 is 2.35 bits per heavy atom. The largest absolute Gasteiger partial charge is 0.507 e. The molecule has 4 nitrogen and oxygen atoms in total. The second-order valence-corrected chi connectivity index (χ2v) is 6.83. The molecular formula is C14H14O4S2. The predicted molar refractivity (Wildman–Crippen MR) is 78.8 cm³/mol. The minimum Gasteiger partial charge on any atom is -0.507 e. The van der Waals surface area contributed by atoms with Crippen LogP contribution in [0.1, 0.15) is 6.92 Å². The molecule has 0 aliphatic carbocycles. The van der Waals surface area contributed by atoms with E-state index in [1.54, 1.807) is 24.3 Å². The summed E-state index contributed by atoms with van der Waals surface area (Å²) in [5.41, 5.74) is 0. The van der Waals surface area contributed by atoms with Crippen molar-refractivity contribution in [3.05, 3.63) is 48.5 Å². The molecule has 2 rings (SSSR count). The lowest BCUT2D eigenvalue weighted by Gasteiger charge is -2.07. The third-order valence-corrected chi connectivity index (χ3v) is 4.92. The molecular weight excluding hydrogens is 296 g/mol. The van der Waals surface area contributed by atoms with Crippen LogP contribution in [0.15, 0.2) is 58.3 Å². The van der Waals surface area contributed by atoms with Gasteiger partial charge < -0.3 is 9.29 Å². The highest BCUT2D eigenvalue weighted by atomic mass is 32.2. The molecule has 0 bridgehead atoms. The lowest BCUT2D eigenvalue weighted by Crippen LogP contribution is -2.02. The van der Waals surface area contributed by atoms with Crippen molar-refractivity contribution in [2.75, 3.05) is 5.75 Å². The van der Waals surface area contributed by atoms with Gasteiger partial charge >= 0.3 is 0 Å². The van der Waals surface area contributed by atoms with Gasteiger partial charge in [0.15, 0.2) is 0 Å². The van der Waals surface area contributed by atoms with Crippen molar-refractivity contribution in [1.82, 2.24) is 0 Å². The summed E-state index contributed by atoms with van der Waals surface area (Å²) < 4.78 is 30.1. The lowest BCUT2D eigenvalue weighted by molar-refractivity contribution is 0.459. The van der Waals surface area contributed by atoms with E-state index >= 15 is 0 Å². The summed E-state index contributed by atoms with van der Waals surface area (Å²) in [6, 6.07) is 12.0. The first-order valence-corrected chi connectivity index (χ1v) is 8.37. The summed E-state index contributed by atoms with van der Waals surface area (Å²) in [4.78, 5) is 0.0180. The van der Waals surface area contributed by atoms with Crippen molar-refractivity contribution in [3.8, 4) is 11.5 Å². The van der Waals surface area contributed by atoms with E-state index in [0.29, 0.717) is 5.75 Å². The molecule has 2 aromatic rings. The molecule has 0 saturated carbocycles. The van der Waals surface area contributed by atoms with Crippen LogP contribution in [0.3, 0.4) is 0 Å². The normalized spacial score (nSPS) is 11.2. The van der Waals surface area contributed by atoms with E-state index < -0.39 is 9.84 Å². The Bertz CT molecular complexity index is 679. The van der Waals surface area contributed by atoms with Gasteiger partial charge in [0.25, 0.3) is 0 Å². The van der Waals surface area contributed by atoms with Gasteiger partial charge in [0.1, 0.15) is 16.4 Å². The number of phenols is 1. The lowest BCUT2D eigenvalue weighted by atomic mass is 10.3. The molecule has 2 aromatic carbocycles. The third kappa shape index (κ3) is 3.08. The van der Waals surface area contributed by atoms with Crippen LogP contribution in [-0.4, -0.2) is 19.3 Å². The van der Waals surface area contributed by atoms with E-state index in [9.17, 15) is 13.5 Å². The van der Waals surface area contributed by atoms with Crippen molar-refractivity contribution >= 4 is 21.9 Å². The number of benzene rings is 2. The fraction of sp³-hybridized carbons (Fsp3) is 0.143. The maximum Gasteiger partial charge on any atom is 0.210 e. The minimum absolute atomic E-state index is 0.100. The summed E-state index contributed by atoms with van der Waals surface area (Å²) in [6.07, 6.45) is 0. The maximum absolute atomic E-state index is 12.4. The van der Waals surface area contributed by atoms with Crippen molar-refractivity contribution in [2.24, 2.45) is 0 Å². The van der Waals surface area contributed by atoms with E-state index in [1.165, 1.54) is 36.3 Å². The van der Waals surface area contributed by atoms with Crippen molar-refractivity contribution in [1.29, 1.82) is 0 Å². The Kier molecular flexibility index (Phi) is 4.57. The third-order valence-electron chi connectivity index (χ3n) is 2.56. The molecule has 0 heterocycles. The molecule has 0 fully saturated rings. The second-order valence-electron chi connectivity index (χ2n) is 3.93. The van der Waals surface area contributed by atoms with Crippen LogP contribution in [0.2, 0.25) is 0 Å². The van der Waals surface area contributed by atoms with Gasteiger partial charge in [0, 0.05) is 5.75 Å². The molecule has 20 heavy (non-hydrogen) atoms. The summed E-state index contributed by atoms with van der Waals surface area (Å²) in [5, 5.41) is 9.67. The summed E-state index contributed by atoms with van der Waals surface area (Å²) >= 11 is 1.28. The molecule has 0 spiro atoms. The standard InChI is InChI=1S/C14H14O4S2/c1-2-19-18-11-7-9-12(10-8-11)20(16,17)14-6-4-3-5-13(14)15/h3-10,15H,2H2,1H3. The number of sulfone groups is 1. The topological polar surface area (TPSA) is 63.6 Å². The van der Waals surface area contributed by atoms with Gasteiger partial charge in [0.2, 0.25) is 9.84 Å². The van der Waals surface area contributed by atoms with E-state index in [4.69, 9.17) is 4.18 Å². The van der Waals surface area contributed by atoms with Crippen LogP contribution < -0.4 is 4.18 Å². The van der Waals surface area contributed by atoms with Crippen LogP contribution in [0.4, 0.5) is 0 Å². The monoisotopic (exact) mass is 310 g/mol. The van der Waals surface area contributed by atoms with Crippen LogP contribution in [0, 0.1) is 0 Å². The van der Waals surface area contributed by atoms with Crippen LogP contribution >= 0.6 is 12.0 Å². The quantitative estimate of drug-likeness (QED) is 0.859. The zero-order valence-corrected chi connectivity index (χ0v) is 12.4. The van der Waals surface area contributed by atoms with E-state index in [1.807, 2.05) is 6.92 Å². The first-order valence-electron chi connectivity index (χ1n) is 5.98. The van der Waals surface area contributed by atoms with Gasteiger partial charge in [-0.1, -0.05) is 19.1 Å². The van der Waals surface area contributed by atoms with E-state index in [-0.39, 0.29) is 15.5 Å². The summed E-state index contributed by atoms with van der Waals surface area (Å²) in [5.74, 6) is 1.14. The summed E-state index contributed by atoms with van der Waals surface area (Å²) in [6.45, 7) is 1.96. The SMILES string of the molecule is CCSOc1ccc(S(=O)(=O)c2ccccc2O)cc1. The fourth-order valence-electron chi connectivity index (χ4n) is 1.61. The van der Waals surface area contributed by atoms with Crippen molar-refractivity contribution < 1.29 is 17.7 Å². The molecule has 0 radical (unpaired) electrons. The Morgan fingerprint density at radius 2 is 1.75 bits per heavy atom.